The predicted molar refractivity (Wildman–Crippen MR) is 60.1 cm³/mol. The molecule has 0 unspecified atom stereocenters. The van der Waals surface area contributed by atoms with Gasteiger partial charge < -0.3 is 10.5 Å². The highest BCUT2D eigenvalue weighted by molar-refractivity contribution is 6.29. The maximum atomic E-state index is 13.3. The molecule has 82 valence electrons. The molecule has 2 aromatic rings. The molecule has 5 heteroatoms. The quantitative estimate of drug-likeness (QED) is 0.817. The van der Waals surface area contributed by atoms with Crippen LogP contribution in [-0.4, -0.2) is 4.98 Å². The number of rotatable bonds is 2. The molecular formula is C11H8ClFN2O. The SMILES string of the molecule is Nc1cc(Cl)nc(Oc2ccccc2F)c1. The molecule has 1 heterocycles. The first-order valence-electron chi connectivity index (χ1n) is 4.50. The number of anilines is 1. The van der Waals surface area contributed by atoms with Crippen LogP contribution in [0.2, 0.25) is 5.15 Å². The van der Waals surface area contributed by atoms with Gasteiger partial charge in [-0.2, -0.15) is 0 Å². The first kappa shape index (κ1) is 10.7. The standard InChI is InChI=1S/C11H8ClFN2O/c12-10-5-7(14)6-11(15-10)16-9-4-2-1-3-8(9)13/h1-6H,(H2,14,15). The van der Waals surface area contributed by atoms with E-state index in [9.17, 15) is 4.39 Å². The van der Waals surface area contributed by atoms with Gasteiger partial charge in [0.25, 0.3) is 0 Å². The highest BCUT2D eigenvalue weighted by Crippen LogP contribution is 2.25. The molecule has 1 aromatic carbocycles. The zero-order valence-corrected chi connectivity index (χ0v) is 8.91. The van der Waals surface area contributed by atoms with Crippen molar-refractivity contribution in [3.05, 3.63) is 47.4 Å². The van der Waals surface area contributed by atoms with E-state index >= 15 is 0 Å². The molecule has 2 N–H and O–H groups in total. The summed E-state index contributed by atoms with van der Waals surface area (Å²) in [7, 11) is 0. The number of benzene rings is 1. The average molecular weight is 239 g/mol. The largest absolute Gasteiger partial charge is 0.436 e. The number of ether oxygens (including phenoxy) is 1. The van der Waals surface area contributed by atoms with Gasteiger partial charge in [0.15, 0.2) is 11.6 Å². The van der Waals surface area contributed by atoms with Crippen molar-refractivity contribution in [3.63, 3.8) is 0 Å². The van der Waals surface area contributed by atoms with Crippen molar-refractivity contribution in [1.82, 2.24) is 4.98 Å². The van der Waals surface area contributed by atoms with E-state index in [1.54, 1.807) is 12.1 Å². The third kappa shape index (κ3) is 2.41. The highest BCUT2D eigenvalue weighted by atomic mass is 35.5. The second-order valence-corrected chi connectivity index (χ2v) is 3.48. The summed E-state index contributed by atoms with van der Waals surface area (Å²) in [5.74, 6) is -0.227. The summed E-state index contributed by atoms with van der Waals surface area (Å²) in [6, 6.07) is 8.97. The molecule has 0 aliphatic rings. The van der Waals surface area contributed by atoms with E-state index in [0.717, 1.165) is 0 Å². The molecule has 2 rings (SSSR count). The van der Waals surface area contributed by atoms with Crippen molar-refractivity contribution in [2.24, 2.45) is 0 Å². The Morgan fingerprint density at radius 1 is 1.25 bits per heavy atom. The normalized spacial score (nSPS) is 10.1. The van der Waals surface area contributed by atoms with Crippen molar-refractivity contribution in [3.8, 4) is 11.6 Å². The maximum Gasteiger partial charge on any atom is 0.222 e. The third-order valence-electron chi connectivity index (χ3n) is 1.84. The van der Waals surface area contributed by atoms with Gasteiger partial charge in [-0.1, -0.05) is 23.7 Å². The van der Waals surface area contributed by atoms with E-state index in [1.165, 1.54) is 24.3 Å². The minimum Gasteiger partial charge on any atom is -0.436 e. The van der Waals surface area contributed by atoms with E-state index in [4.69, 9.17) is 22.1 Å². The Kier molecular flexibility index (Phi) is 2.92. The summed E-state index contributed by atoms with van der Waals surface area (Å²) in [5, 5.41) is 0.200. The van der Waals surface area contributed by atoms with Crippen LogP contribution in [0.5, 0.6) is 11.6 Å². The fourth-order valence-electron chi connectivity index (χ4n) is 1.18. The van der Waals surface area contributed by atoms with Gasteiger partial charge in [-0.15, -0.1) is 0 Å². The van der Waals surface area contributed by atoms with Crippen LogP contribution >= 0.6 is 11.6 Å². The minimum absolute atomic E-state index is 0.0802. The number of nitrogen functional groups attached to an aromatic ring is 1. The smallest absolute Gasteiger partial charge is 0.222 e. The summed E-state index contributed by atoms with van der Waals surface area (Å²) in [4.78, 5) is 3.87. The fourth-order valence-corrected chi connectivity index (χ4v) is 1.39. The molecule has 0 aliphatic carbocycles. The molecule has 0 bridgehead atoms. The monoisotopic (exact) mass is 238 g/mol. The number of nitrogens with zero attached hydrogens (tertiary/aromatic N) is 1. The van der Waals surface area contributed by atoms with Crippen molar-refractivity contribution in [1.29, 1.82) is 0 Å². The Hall–Kier alpha value is -1.81. The van der Waals surface area contributed by atoms with E-state index in [-0.39, 0.29) is 16.8 Å². The predicted octanol–water partition coefficient (Wildman–Crippen LogP) is 3.25. The van der Waals surface area contributed by atoms with Crippen molar-refractivity contribution in [2.75, 3.05) is 5.73 Å². The average Bonchev–Trinajstić information content (AvgIpc) is 2.20. The van der Waals surface area contributed by atoms with Crippen LogP contribution in [0.4, 0.5) is 10.1 Å². The highest BCUT2D eigenvalue weighted by Gasteiger charge is 2.05. The van der Waals surface area contributed by atoms with Crippen LogP contribution in [0.25, 0.3) is 0 Å². The second kappa shape index (κ2) is 4.37. The molecule has 0 radical (unpaired) electrons. The van der Waals surface area contributed by atoms with E-state index < -0.39 is 5.82 Å². The topological polar surface area (TPSA) is 48.1 Å². The van der Waals surface area contributed by atoms with Crippen LogP contribution in [0.15, 0.2) is 36.4 Å². The summed E-state index contributed by atoms with van der Waals surface area (Å²) >= 11 is 5.69. The van der Waals surface area contributed by atoms with Gasteiger partial charge >= 0.3 is 0 Å². The molecule has 0 aliphatic heterocycles. The van der Waals surface area contributed by atoms with Crippen molar-refractivity contribution < 1.29 is 9.13 Å². The lowest BCUT2D eigenvalue weighted by molar-refractivity contribution is 0.428. The van der Waals surface area contributed by atoms with Gasteiger partial charge in [-0.3, -0.25) is 0 Å². The van der Waals surface area contributed by atoms with Crippen LogP contribution in [0.3, 0.4) is 0 Å². The van der Waals surface area contributed by atoms with Gasteiger partial charge in [-0.25, -0.2) is 9.37 Å². The molecular weight excluding hydrogens is 231 g/mol. The van der Waals surface area contributed by atoms with E-state index in [1.807, 2.05) is 0 Å². The molecule has 0 spiro atoms. The third-order valence-corrected chi connectivity index (χ3v) is 2.04. The van der Waals surface area contributed by atoms with Gasteiger partial charge in [-0.05, 0) is 18.2 Å². The minimum atomic E-state index is -0.470. The molecule has 0 amide bonds. The number of halogens is 2. The zero-order chi connectivity index (χ0) is 11.5. The Morgan fingerprint density at radius 2 is 2.00 bits per heavy atom. The Balaban J connectivity index is 2.30. The van der Waals surface area contributed by atoms with Crippen LogP contribution in [0.1, 0.15) is 0 Å². The summed E-state index contributed by atoms with van der Waals surface area (Å²) in [5.41, 5.74) is 5.96. The summed E-state index contributed by atoms with van der Waals surface area (Å²) in [6.45, 7) is 0. The van der Waals surface area contributed by atoms with Crippen LogP contribution < -0.4 is 10.5 Å². The van der Waals surface area contributed by atoms with Gasteiger partial charge in [0.1, 0.15) is 5.15 Å². The van der Waals surface area contributed by atoms with Gasteiger partial charge in [0.05, 0.1) is 0 Å². The molecule has 0 saturated heterocycles. The Bertz CT molecular complexity index is 499. The first-order valence-corrected chi connectivity index (χ1v) is 4.88. The second-order valence-electron chi connectivity index (χ2n) is 3.09. The first-order chi connectivity index (χ1) is 7.65. The lowest BCUT2D eigenvalue weighted by Crippen LogP contribution is -1.93. The molecule has 0 atom stereocenters. The lowest BCUT2D eigenvalue weighted by Gasteiger charge is -2.06. The summed E-state index contributed by atoms with van der Waals surface area (Å²) in [6.07, 6.45) is 0. The van der Waals surface area contributed by atoms with Crippen molar-refractivity contribution in [2.45, 2.75) is 0 Å². The molecule has 16 heavy (non-hydrogen) atoms. The van der Waals surface area contributed by atoms with Crippen LogP contribution in [0, 0.1) is 5.82 Å². The van der Waals surface area contributed by atoms with E-state index in [0.29, 0.717) is 5.69 Å². The maximum absolute atomic E-state index is 13.3. The Morgan fingerprint density at radius 3 is 2.69 bits per heavy atom. The molecule has 0 fully saturated rings. The Labute approximate surface area is 96.6 Å². The number of aromatic nitrogens is 1. The lowest BCUT2D eigenvalue weighted by atomic mass is 10.3. The zero-order valence-electron chi connectivity index (χ0n) is 8.15. The van der Waals surface area contributed by atoms with Gasteiger partial charge in [0, 0.05) is 11.8 Å². The number of hydrogen-bond acceptors (Lipinski definition) is 3. The van der Waals surface area contributed by atoms with E-state index in [2.05, 4.69) is 4.98 Å². The number of pyridine rings is 1. The summed E-state index contributed by atoms with van der Waals surface area (Å²) < 4.78 is 18.5. The number of hydrogen-bond donors (Lipinski definition) is 1. The van der Waals surface area contributed by atoms with Gasteiger partial charge in [0.2, 0.25) is 5.88 Å². The fraction of sp³-hybridized carbons (Fsp3) is 0. The molecule has 1 aromatic heterocycles. The van der Waals surface area contributed by atoms with Crippen molar-refractivity contribution >= 4 is 17.3 Å². The molecule has 3 nitrogen and oxygen atoms in total. The van der Waals surface area contributed by atoms with Crippen LogP contribution in [-0.2, 0) is 0 Å². The molecule has 0 saturated carbocycles. The number of para-hydroxylation sites is 1. The number of nitrogens with two attached hydrogens (primary N) is 1.